The Labute approximate surface area is 183 Å². The number of hydrogen-bond donors (Lipinski definition) is 1. The Bertz CT molecular complexity index is 1050. The monoisotopic (exact) mass is 447 g/mol. The predicted molar refractivity (Wildman–Crippen MR) is 120 cm³/mol. The van der Waals surface area contributed by atoms with E-state index >= 15 is 0 Å². The molecule has 1 N–H and O–H groups in total. The van der Waals surface area contributed by atoms with Gasteiger partial charge < -0.3 is 19.7 Å². The summed E-state index contributed by atoms with van der Waals surface area (Å²) in [7, 11) is -0.0259. The first-order chi connectivity index (χ1) is 14.7. The highest BCUT2D eigenvalue weighted by Gasteiger charge is 2.34. The van der Waals surface area contributed by atoms with Crippen molar-refractivity contribution in [3.63, 3.8) is 0 Å². The number of amides is 1. The third-order valence-corrected chi connectivity index (χ3v) is 7.20. The van der Waals surface area contributed by atoms with Crippen LogP contribution in [0.3, 0.4) is 0 Å². The van der Waals surface area contributed by atoms with Crippen molar-refractivity contribution in [1.82, 2.24) is 4.31 Å². The molecular weight excluding hydrogens is 418 g/mol. The maximum Gasteiger partial charge on any atom is 0.269 e. The van der Waals surface area contributed by atoms with Crippen LogP contribution in [-0.2, 0) is 14.8 Å². The van der Waals surface area contributed by atoms with Gasteiger partial charge in [-0.3, -0.25) is 4.79 Å². The lowest BCUT2D eigenvalue weighted by Crippen LogP contribution is -2.46. The topological polar surface area (TPSA) is 88.2 Å². The minimum absolute atomic E-state index is 0.122. The molecule has 8 nitrogen and oxygen atoms in total. The molecule has 1 amide bonds. The molecule has 0 aliphatic carbocycles. The van der Waals surface area contributed by atoms with Gasteiger partial charge in [0.1, 0.15) is 6.10 Å². The van der Waals surface area contributed by atoms with Gasteiger partial charge in [0.2, 0.25) is 16.1 Å². The molecule has 2 unspecified atom stereocenters. The normalized spacial score (nSPS) is 18.0. The van der Waals surface area contributed by atoms with Crippen LogP contribution in [0.15, 0.2) is 47.4 Å². The Morgan fingerprint density at radius 1 is 1.03 bits per heavy atom. The van der Waals surface area contributed by atoms with Gasteiger partial charge in [0.15, 0.2) is 11.5 Å². The molecule has 31 heavy (non-hydrogen) atoms. The number of anilines is 2. The average Bonchev–Trinajstić information content (AvgIpc) is 2.73. The lowest BCUT2D eigenvalue weighted by Gasteiger charge is -2.31. The van der Waals surface area contributed by atoms with Crippen molar-refractivity contribution in [2.24, 2.45) is 0 Å². The van der Waals surface area contributed by atoms with Crippen molar-refractivity contribution in [2.75, 3.05) is 37.4 Å². The van der Waals surface area contributed by atoms with Crippen LogP contribution in [0.4, 0.5) is 11.4 Å². The van der Waals surface area contributed by atoms with Gasteiger partial charge in [-0.05, 0) is 37.3 Å². The molecule has 2 aromatic rings. The van der Waals surface area contributed by atoms with Crippen molar-refractivity contribution in [3.05, 3.63) is 42.5 Å². The third-order valence-electron chi connectivity index (χ3n) is 5.15. The molecule has 0 aromatic heterocycles. The molecule has 0 spiro atoms. The average molecular weight is 448 g/mol. The lowest BCUT2D eigenvalue weighted by atomic mass is 10.1. The zero-order chi connectivity index (χ0) is 22.8. The fourth-order valence-electron chi connectivity index (χ4n) is 3.49. The quantitative estimate of drug-likeness (QED) is 0.702. The molecule has 1 heterocycles. The highest BCUT2D eigenvalue weighted by molar-refractivity contribution is 7.89. The van der Waals surface area contributed by atoms with Gasteiger partial charge in [-0.2, -0.15) is 4.31 Å². The summed E-state index contributed by atoms with van der Waals surface area (Å²) in [6, 6.07) is 11.9. The standard InChI is InChI=1S/C22H29N3O5S/c1-6-25(7-2)31(27,28)16-12-13-18(24(4)5)17(14-16)23-22(26)21-15(3)29-19-10-8-9-11-20(19)30-21/h8-15,21H,6-7H2,1-5H3,(H,23,26). The SMILES string of the molecule is CCN(CC)S(=O)(=O)c1ccc(N(C)C)c(NC(=O)C2Oc3ccccc3OC2C)c1. The van der Waals surface area contributed by atoms with E-state index in [1.807, 2.05) is 20.2 Å². The van der Waals surface area contributed by atoms with Crippen LogP contribution in [0.1, 0.15) is 20.8 Å². The number of nitrogens with one attached hydrogen (secondary N) is 1. The number of nitrogens with zero attached hydrogens (tertiary/aromatic N) is 2. The second kappa shape index (κ2) is 9.15. The van der Waals surface area contributed by atoms with Crippen molar-refractivity contribution in [2.45, 2.75) is 37.9 Å². The van der Waals surface area contributed by atoms with Crippen molar-refractivity contribution in [1.29, 1.82) is 0 Å². The first-order valence-electron chi connectivity index (χ1n) is 10.2. The highest BCUT2D eigenvalue weighted by atomic mass is 32.2. The molecule has 0 saturated carbocycles. The van der Waals surface area contributed by atoms with Crippen LogP contribution >= 0.6 is 0 Å². The highest BCUT2D eigenvalue weighted by Crippen LogP contribution is 2.34. The first kappa shape index (κ1) is 22.9. The van der Waals surface area contributed by atoms with E-state index in [0.29, 0.717) is 36.0 Å². The van der Waals surface area contributed by atoms with E-state index in [1.165, 1.54) is 10.4 Å². The maximum atomic E-state index is 13.1. The maximum absolute atomic E-state index is 13.1. The van der Waals surface area contributed by atoms with Gasteiger partial charge in [0.05, 0.1) is 16.3 Å². The minimum Gasteiger partial charge on any atom is -0.482 e. The van der Waals surface area contributed by atoms with Crippen LogP contribution in [-0.4, -0.2) is 58.0 Å². The molecule has 1 aliphatic heterocycles. The number of rotatable bonds is 7. The summed E-state index contributed by atoms with van der Waals surface area (Å²) in [4.78, 5) is 15.0. The van der Waals surface area contributed by atoms with Crippen molar-refractivity contribution in [3.8, 4) is 11.5 Å². The molecule has 0 saturated heterocycles. The first-order valence-corrected chi connectivity index (χ1v) is 11.7. The van der Waals surface area contributed by atoms with Gasteiger partial charge in [-0.25, -0.2) is 8.42 Å². The summed E-state index contributed by atoms with van der Waals surface area (Å²) in [6.07, 6.45) is -1.40. The van der Waals surface area contributed by atoms with Gasteiger partial charge in [0.25, 0.3) is 5.91 Å². The zero-order valence-corrected chi connectivity index (χ0v) is 19.3. The summed E-state index contributed by atoms with van der Waals surface area (Å²) in [5.74, 6) is 0.661. The number of ether oxygens (including phenoxy) is 2. The summed E-state index contributed by atoms with van der Waals surface area (Å²) in [5.41, 5.74) is 1.06. The Morgan fingerprint density at radius 3 is 2.23 bits per heavy atom. The van der Waals surface area contributed by atoms with Crippen molar-refractivity contribution >= 4 is 27.3 Å². The third kappa shape index (κ3) is 4.62. The second-order valence-electron chi connectivity index (χ2n) is 7.46. The van der Waals surface area contributed by atoms with E-state index in [1.54, 1.807) is 56.0 Å². The van der Waals surface area contributed by atoms with Gasteiger partial charge in [-0.1, -0.05) is 26.0 Å². The summed E-state index contributed by atoms with van der Waals surface area (Å²) in [6.45, 7) is 6.06. The molecule has 0 bridgehead atoms. The molecule has 2 aromatic carbocycles. The van der Waals surface area contributed by atoms with Gasteiger partial charge in [0, 0.05) is 27.2 Å². The van der Waals surface area contributed by atoms with Crippen LogP contribution in [0.25, 0.3) is 0 Å². The largest absolute Gasteiger partial charge is 0.482 e. The van der Waals surface area contributed by atoms with Crippen molar-refractivity contribution < 1.29 is 22.7 Å². The van der Waals surface area contributed by atoms with Gasteiger partial charge in [-0.15, -0.1) is 0 Å². The van der Waals surface area contributed by atoms with E-state index in [-0.39, 0.29) is 4.90 Å². The van der Waals surface area contributed by atoms with E-state index in [4.69, 9.17) is 9.47 Å². The Balaban J connectivity index is 1.92. The van der Waals surface area contributed by atoms with E-state index in [0.717, 1.165) is 0 Å². The van der Waals surface area contributed by atoms with Crippen LogP contribution < -0.4 is 19.7 Å². The Morgan fingerprint density at radius 2 is 1.65 bits per heavy atom. The number of benzene rings is 2. The molecule has 0 fully saturated rings. The lowest BCUT2D eigenvalue weighted by molar-refractivity contribution is -0.128. The zero-order valence-electron chi connectivity index (χ0n) is 18.5. The number of sulfonamides is 1. The molecule has 2 atom stereocenters. The molecule has 3 rings (SSSR count). The fraction of sp³-hybridized carbons (Fsp3) is 0.409. The number of carbonyl (C=O) groups excluding carboxylic acids is 1. The molecular formula is C22H29N3O5S. The summed E-state index contributed by atoms with van der Waals surface area (Å²) >= 11 is 0. The number of carbonyl (C=O) groups is 1. The number of para-hydroxylation sites is 2. The number of hydrogen-bond acceptors (Lipinski definition) is 6. The molecule has 9 heteroatoms. The summed E-state index contributed by atoms with van der Waals surface area (Å²) in [5, 5.41) is 2.84. The minimum atomic E-state index is -3.67. The van der Waals surface area contributed by atoms with Gasteiger partial charge >= 0.3 is 0 Å². The number of fused-ring (bicyclic) bond motifs is 1. The van der Waals surface area contributed by atoms with E-state index < -0.39 is 28.1 Å². The van der Waals surface area contributed by atoms with Crippen LogP contribution in [0.2, 0.25) is 0 Å². The Hall–Kier alpha value is -2.78. The van der Waals surface area contributed by atoms with E-state index in [9.17, 15) is 13.2 Å². The Kier molecular flexibility index (Phi) is 6.76. The molecule has 1 aliphatic rings. The van der Waals surface area contributed by atoms with Crippen LogP contribution in [0, 0.1) is 0 Å². The molecule has 0 radical (unpaired) electrons. The van der Waals surface area contributed by atoms with Crippen LogP contribution in [0.5, 0.6) is 11.5 Å². The smallest absolute Gasteiger partial charge is 0.269 e. The second-order valence-corrected chi connectivity index (χ2v) is 9.40. The van der Waals surface area contributed by atoms with E-state index in [2.05, 4.69) is 5.32 Å². The molecule has 168 valence electrons. The predicted octanol–water partition coefficient (Wildman–Crippen LogP) is 2.95. The summed E-state index contributed by atoms with van der Waals surface area (Å²) < 4.78 is 39.0. The fourth-order valence-corrected chi connectivity index (χ4v) is 4.97.